The zero-order valence-electron chi connectivity index (χ0n) is 20.5. The summed E-state index contributed by atoms with van der Waals surface area (Å²) in [7, 11) is 0. The lowest BCUT2D eigenvalue weighted by atomic mass is 9.85. The van der Waals surface area contributed by atoms with Crippen LogP contribution in [0.2, 0.25) is 15.1 Å². The Balaban J connectivity index is 0.000000230. The van der Waals surface area contributed by atoms with Crippen LogP contribution in [0.1, 0.15) is 26.2 Å². The highest BCUT2D eigenvalue weighted by atomic mass is 35.6. The summed E-state index contributed by atoms with van der Waals surface area (Å²) in [6.45, 7) is 3.28. The van der Waals surface area contributed by atoms with Gasteiger partial charge in [0.05, 0.1) is 28.4 Å². The van der Waals surface area contributed by atoms with E-state index in [0.29, 0.717) is 58.7 Å². The Bertz CT molecular complexity index is 1160. The van der Waals surface area contributed by atoms with Gasteiger partial charge in [-0.3, -0.25) is 14.2 Å². The van der Waals surface area contributed by atoms with E-state index in [1.54, 1.807) is 29.4 Å². The second-order valence-corrected chi connectivity index (χ2v) is 13.8. The van der Waals surface area contributed by atoms with Gasteiger partial charge in [-0.15, -0.1) is 0 Å². The largest absolute Gasteiger partial charge is 0.489 e. The zero-order valence-corrected chi connectivity index (χ0v) is 25.9. The number of amides is 3. The maximum Gasteiger partial charge on any atom is 0.329 e. The van der Waals surface area contributed by atoms with Crippen LogP contribution >= 0.6 is 81.6 Å². The molecule has 2 aliphatic rings. The lowest BCUT2D eigenvalue weighted by Gasteiger charge is -2.22. The molecule has 1 aromatic carbocycles. The summed E-state index contributed by atoms with van der Waals surface area (Å²) in [6, 6.07) is 2.97. The lowest BCUT2D eigenvalue weighted by molar-refractivity contribution is -0.133. The number of rotatable bonds is 7. The molecule has 212 valence electrons. The molecule has 2 atom stereocenters. The molecule has 3 amide bonds. The molecule has 1 aliphatic heterocycles. The summed E-state index contributed by atoms with van der Waals surface area (Å²) in [5.74, 6) is -0.703. The standard InChI is InChI=1S/C15H16Cl3N3O2.C9H8Cl3NO2S/c1-2-4-20(15(22)21-5-3-19-10-21)6-7-23-14-12(17)8-11(16)9-13(14)18;10-9(11,12)16-13-7(14)5-3-1-2-4-6(5)8(13)15/h3,5,8-10H,2,4,6-7H2,1H3;1-2,5-6H,3-4H2. The van der Waals surface area contributed by atoms with Crippen LogP contribution < -0.4 is 4.74 Å². The molecule has 1 saturated heterocycles. The highest BCUT2D eigenvalue weighted by Gasteiger charge is 2.49. The van der Waals surface area contributed by atoms with E-state index in [0.717, 1.165) is 10.7 Å². The Labute approximate surface area is 260 Å². The van der Waals surface area contributed by atoms with E-state index >= 15 is 0 Å². The van der Waals surface area contributed by atoms with Gasteiger partial charge in [0.25, 0.3) is 3.12 Å². The summed E-state index contributed by atoms with van der Waals surface area (Å²) >= 11 is 35.4. The Kier molecular flexibility index (Phi) is 12.0. The smallest absolute Gasteiger partial charge is 0.329 e. The molecule has 1 fully saturated rings. The normalized spacial score (nSPS) is 18.5. The van der Waals surface area contributed by atoms with E-state index in [-0.39, 0.29) is 36.3 Å². The van der Waals surface area contributed by atoms with Crippen LogP contribution in [0.5, 0.6) is 5.75 Å². The molecular weight excluding hydrogens is 653 g/mol. The Morgan fingerprint density at radius 3 is 2.15 bits per heavy atom. The number of alkyl halides is 3. The fourth-order valence-corrected chi connectivity index (χ4v) is 6.20. The van der Waals surface area contributed by atoms with Crippen molar-refractivity contribution >= 4 is 99.4 Å². The highest BCUT2D eigenvalue weighted by molar-refractivity contribution is 8.03. The molecule has 1 aromatic heterocycles. The summed E-state index contributed by atoms with van der Waals surface area (Å²) < 4.78 is 6.36. The van der Waals surface area contributed by atoms with Gasteiger partial charge in [-0.1, -0.05) is 88.7 Å². The number of hydrogen-bond acceptors (Lipinski definition) is 6. The Hall–Kier alpha value is -1.33. The molecular formula is C24H24Cl6N4O4S. The van der Waals surface area contributed by atoms with Crippen molar-refractivity contribution < 1.29 is 19.1 Å². The fourth-order valence-electron chi connectivity index (χ4n) is 4.00. The van der Waals surface area contributed by atoms with Crippen molar-refractivity contribution in [1.82, 2.24) is 18.8 Å². The number of ether oxygens (including phenoxy) is 1. The number of halogens is 6. The number of imidazole rings is 1. The van der Waals surface area contributed by atoms with Crippen molar-refractivity contribution in [1.29, 1.82) is 0 Å². The molecule has 1 aliphatic carbocycles. The minimum atomic E-state index is -1.69. The number of benzene rings is 1. The zero-order chi connectivity index (χ0) is 28.7. The number of aromatic nitrogens is 2. The average Bonchev–Trinajstić information content (AvgIpc) is 3.48. The number of imide groups is 1. The highest BCUT2D eigenvalue weighted by Crippen LogP contribution is 2.46. The van der Waals surface area contributed by atoms with Crippen LogP contribution in [0, 0.1) is 11.8 Å². The van der Waals surface area contributed by atoms with Gasteiger partial charge in [0, 0.05) is 35.9 Å². The average molecular weight is 677 g/mol. The number of nitrogens with zero attached hydrogens (tertiary/aromatic N) is 4. The van der Waals surface area contributed by atoms with Crippen molar-refractivity contribution in [3.05, 3.63) is 58.1 Å². The maximum atomic E-state index is 12.3. The summed E-state index contributed by atoms with van der Waals surface area (Å²) in [5.41, 5.74) is 0. The van der Waals surface area contributed by atoms with E-state index in [9.17, 15) is 14.4 Å². The molecule has 0 spiro atoms. The lowest BCUT2D eigenvalue weighted by Crippen LogP contribution is -2.37. The summed E-state index contributed by atoms with van der Waals surface area (Å²) in [5, 5.41) is 1.12. The molecule has 2 aromatic rings. The van der Waals surface area contributed by atoms with Crippen molar-refractivity contribution in [3.8, 4) is 5.75 Å². The van der Waals surface area contributed by atoms with E-state index in [4.69, 9.17) is 74.3 Å². The minimum Gasteiger partial charge on any atom is -0.489 e. The number of carbonyl (C=O) groups is 3. The minimum absolute atomic E-state index is 0.152. The molecule has 2 heterocycles. The first kappa shape index (κ1) is 32.2. The van der Waals surface area contributed by atoms with Gasteiger partial charge < -0.3 is 9.64 Å². The van der Waals surface area contributed by atoms with Gasteiger partial charge >= 0.3 is 6.03 Å². The molecule has 15 heteroatoms. The Morgan fingerprint density at radius 2 is 1.67 bits per heavy atom. The Morgan fingerprint density at radius 1 is 1.08 bits per heavy atom. The van der Waals surface area contributed by atoms with Gasteiger partial charge in [0.1, 0.15) is 12.9 Å². The summed E-state index contributed by atoms with van der Waals surface area (Å²) in [6.07, 6.45) is 10.5. The molecule has 0 radical (unpaired) electrons. The summed E-state index contributed by atoms with van der Waals surface area (Å²) in [4.78, 5) is 41.7. The predicted octanol–water partition coefficient (Wildman–Crippen LogP) is 7.52. The van der Waals surface area contributed by atoms with Gasteiger partial charge in [-0.25, -0.2) is 14.1 Å². The first-order chi connectivity index (χ1) is 18.4. The van der Waals surface area contributed by atoms with E-state index in [1.165, 1.54) is 10.9 Å². The second kappa shape index (κ2) is 14.5. The van der Waals surface area contributed by atoms with Crippen molar-refractivity contribution in [2.45, 2.75) is 29.3 Å². The molecule has 0 saturated carbocycles. The quantitative estimate of drug-likeness (QED) is 0.131. The van der Waals surface area contributed by atoms with Crippen LogP contribution in [-0.4, -0.2) is 59.4 Å². The van der Waals surface area contributed by atoms with Crippen molar-refractivity contribution in [2.75, 3.05) is 19.7 Å². The molecule has 0 bridgehead atoms. The first-order valence-electron chi connectivity index (χ1n) is 11.8. The third-order valence-corrected chi connectivity index (χ3v) is 7.87. The molecule has 39 heavy (non-hydrogen) atoms. The third-order valence-electron chi connectivity index (χ3n) is 5.72. The van der Waals surface area contributed by atoms with Crippen LogP contribution in [0.3, 0.4) is 0 Å². The van der Waals surface area contributed by atoms with Crippen LogP contribution in [0.15, 0.2) is 43.0 Å². The van der Waals surface area contributed by atoms with Gasteiger partial charge in [0.15, 0.2) is 5.75 Å². The van der Waals surface area contributed by atoms with Gasteiger partial charge in [-0.2, -0.15) is 0 Å². The number of allylic oxidation sites excluding steroid dienone is 2. The predicted molar refractivity (Wildman–Crippen MR) is 157 cm³/mol. The van der Waals surface area contributed by atoms with E-state index in [1.807, 2.05) is 19.1 Å². The number of hydrogen-bond donors (Lipinski definition) is 0. The molecule has 0 N–H and O–H groups in total. The first-order valence-corrected chi connectivity index (χ1v) is 14.8. The SMILES string of the molecule is CCCN(CCOc1c(Cl)cc(Cl)cc1Cl)C(=O)n1ccnc1.O=C1C2CC=CCC2C(=O)N1SC(Cl)(Cl)Cl. The second-order valence-electron chi connectivity index (χ2n) is 8.45. The van der Waals surface area contributed by atoms with E-state index in [2.05, 4.69) is 4.98 Å². The number of carbonyl (C=O) groups excluding carboxylic acids is 3. The van der Waals surface area contributed by atoms with E-state index < -0.39 is 3.12 Å². The van der Waals surface area contributed by atoms with Crippen molar-refractivity contribution in [3.63, 3.8) is 0 Å². The molecule has 2 unspecified atom stereocenters. The van der Waals surface area contributed by atoms with Gasteiger partial charge in [-0.05, 0) is 31.4 Å². The van der Waals surface area contributed by atoms with Crippen LogP contribution in [0.4, 0.5) is 4.79 Å². The molecule has 4 rings (SSSR count). The number of fused-ring (bicyclic) bond motifs is 1. The fraction of sp³-hybridized carbons (Fsp3) is 0.417. The van der Waals surface area contributed by atoms with Gasteiger partial charge in [0.2, 0.25) is 11.8 Å². The topological polar surface area (TPSA) is 84.7 Å². The molecule has 8 nitrogen and oxygen atoms in total. The van der Waals surface area contributed by atoms with Crippen LogP contribution in [0.25, 0.3) is 0 Å². The van der Waals surface area contributed by atoms with Crippen molar-refractivity contribution in [2.24, 2.45) is 11.8 Å². The third kappa shape index (κ3) is 8.83. The monoisotopic (exact) mass is 674 g/mol. The maximum absolute atomic E-state index is 12.3. The van der Waals surface area contributed by atoms with Crippen LogP contribution in [-0.2, 0) is 9.59 Å².